The lowest BCUT2D eigenvalue weighted by Gasteiger charge is -2.21. The first kappa shape index (κ1) is 95.1. The molecule has 0 aromatic heterocycles. The second-order valence-electron chi connectivity index (χ2n) is 11.3. The Kier molecular flexibility index (Phi) is 131. The molecule has 0 saturated heterocycles. The van der Waals surface area contributed by atoms with Crippen LogP contribution in [-0.4, -0.2) is 273 Å². The molecule has 0 spiro atoms. The second-order valence-corrected chi connectivity index (χ2v) is 11.3. The zero-order valence-corrected chi connectivity index (χ0v) is 38.8. The molecule has 0 saturated carbocycles. The molecule has 42 heteroatoms. The highest BCUT2D eigenvalue weighted by Crippen LogP contribution is 2.02. The van der Waals surface area contributed by atoms with E-state index in [1.54, 1.807) is 0 Å². The van der Waals surface area contributed by atoms with Crippen LogP contribution in [0.2, 0.25) is 0 Å². The van der Waals surface area contributed by atoms with Crippen molar-refractivity contribution in [1.82, 2.24) is 9.80 Å². The Balaban J connectivity index is -0.0000000506. The van der Waals surface area contributed by atoms with Gasteiger partial charge in [-0.3, -0.25) is 0 Å². The molecule has 0 rings (SSSR count). The number of nitrogens with zero attached hydrogens (tertiary/aromatic N) is 2. The molecule has 0 fully saturated rings. The summed E-state index contributed by atoms with van der Waals surface area (Å²) in [6.07, 6.45) is 16.2. The third-order valence-electron chi connectivity index (χ3n) is 4.97. The predicted molar refractivity (Wildman–Crippen MR) is 246 cm³/mol. The van der Waals surface area contributed by atoms with Crippen LogP contribution in [0, 0.1) is 0 Å². The Bertz CT molecular complexity index is 519. The zero-order valence-electron chi connectivity index (χ0n) is 38.8. The number of unbranched alkanes of at least 4 members (excludes halogenated alkanes) is 6. The molecule has 0 amide bonds. The molecular weight excluding hydrogens is 904 g/mol. The predicted octanol–water partition coefficient (Wildman–Crippen LogP) is -13.1. The van der Waals surface area contributed by atoms with Crippen molar-refractivity contribution in [3.8, 4) is 0 Å². The second kappa shape index (κ2) is 90.8. The minimum absolute atomic E-state index is 1.32. The minimum Gasteiger partial charge on any atom is -0.402 e. The topological polar surface area (TPSA) is 613 Å². The van der Waals surface area contributed by atoms with E-state index in [1.807, 2.05) is 0 Å². The Hall–Kier alpha value is -0.631. The van der Waals surface area contributed by atoms with E-state index in [-0.39, 0.29) is 0 Å². The summed E-state index contributed by atoms with van der Waals surface area (Å²) < 4.78 is 0. The van der Waals surface area contributed by atoms with Gasteiger partial charge < -0.3 is 161 Å². The Morgan fingerprint density at radius 3 is 0.288 bits per heavy atom. The van der Waals surface area contributed by atoms with Crippen molar-refractivity contribution in [1.29, 1.82) is 0 Å². The maximum Gasteiger partial charge on any atom is 0.631 e. The molecule has 0 radical (unpaired) electrons. The SMILES string of the molecule is CCCCN(CCCC)CCCC.CCCCN(CCCC)CCCC.OB(O)O.OB(O)O.OB(O)O.OB(O)O.OB(O)O.OB(O)O.OB(O)O.OB(O)O.OB(O)O.OB(O)O. The molecule has 0 unspecified atom stereocenters. The van der Waals surface area contributed by atoms with Gasteiger partial charge in [-0.15, -0.1) is 0 Å². The molecular formula is C24H84B10N2O30. The quantitative estimate of drug-likeness (QED) is 0.0567. The van der Waals surface area contributed by atoms with E-state index in [1.165, 1.54) is 116 Å². The number of rotatable bonds is 18. The molecule has 400 valence electrons. The van der Waals surface area contributed by atoms with Crippen LogP contribution in [-0.2, 0) is 0 Å². The minimum atomic E-state index is -2.17. The van der Waals surface area contributed by atoms with Gasteiger partial charge in [0, 0.05) is 0 Å². The summed E-state index contributed by atoms with van der Waals surface area (Å²) >= 11 is 0. The average molecular weight is 989 g/mol. The summed E-state index contributed by atoms with van der Waals surface area (Å²) in [5, 5.41) is 215. The highest BCUT2D eigenvalue weighted by Gasteiger charge is 2.03. The highest BCUT2D eigenvalue weighted by molar-refractivity contribution is 6.32. The first-order valence-corrected chi connectivity index (χ1v) is 19.9. The fourth-order valence-corrected chi connectivity index (χ4v) is 2.96. The summed E-state index contributed by atoms with van der Waals surface area (Å²) in [4.78, 5) is 5.27. The zero-order chi connectivity index (χ0) is 55.7. The lowest BCUT2D eigenvalue weighted by atomic mass is 10.2. The largest absolute Gasteiger partial charge is 0.631 e. The van der Waals surface area contributed by atoms with Crippen LogP contribution in [0.15, 0.2) is 0 Å². The molecule has 0 aromatic rings. The molecule has 0 aliphatic carbocycles. The fraction of sp³-hybridized carbons (Fsp3) is 1.00. The van der Waals surface area contributed by atoms with Gasteiger partial charge in [0.15, 0.2) is 0 Å². The van der Waals surface area contributed by atoms with Crippen molar-refractivity contribution >= 4 is 73.2 Å². The van der Waals surface area contributed by atoms with Crippen molar-refractivity contribution in [2.75, 3.05) is 39.3 Å². The van der Waals surface area contributed by atoms with Crippen LogP contribution < -0.4 is 0 Å². The van der Waals surface area contributed by atoms with Crippen molar-refractivity contribution in [3.63, 3.8) is 0 Å². The van der Waals surface area contributed by atoms with Gasteiger partial charge in [-0.2, -0.15) is 0 Å². The van der Waals surface area contributed by atoms with Crippen molar-refractivity contribution in [2.45, 2.75) is 119 Å². The van der Waals surface area contributed by atoms with Gasteiger partial charge in [-0.1, -0.05) is 80.1 Å². The average Bonchev–Trinajstić information content (AvgIpc) is 3.09. The molecule has 0 bridgehead atoms. The molecule has 32 nitrogen and oxygen atoms in total. The summed E-state index contributed by atoms with van der Waals surface area (Å²) in [6, 6.07) is 0. The Labute approximate surface area is 391 Å². The van der Waals surface area contributed by atoms with E-state index in [9.17, 15) is 0 Å². The number of hydrogen-bond acceptors (Lipinski definition) is 32. The van der Waals surface area contributed by atoms with Gasteiger partial charge in [0.2, 0.25) is 0 Å². The van der Waals surface area contributed by atoms with Gasteiger partial charge in [0.25, 0.3) is 0 Å². The standard InChI is InChI=1S/2C12H27N.10BH3O3/c2*1-4-7-10-13(11-8-5-2)12-9-6-3;10*2-1(3)4/h2*4-12H2,1-3H3;10*2-4H. The van der Waals surface area contributed by atoms with Gasteiger partial charge >= 0.3 is 73.2 Å². The monoisotopic (exact) mass is 991 g/mol. The normalized spacial score (nSPS) is 8.45. The van der Waals surface area contributed by atoms with E-state index in [2.05, 4.69) is 51.3 Å². The first-order chi connectivity index (χ1) is 30.0. The molecule has 0 atom stereocenters. The van der Waals surface area contributed by atoms with Gasteiger partial charge in [0.1, 0.15) is 0 Å². The van der Waals surface area contributed by atoms with Gasteiger partial charge in [-0.05, 0) is 77.8 Å². The van der Waals surface area contributed by atoms with Crippen molar-refractivity contribution < 1.29 is 151 Å². The maximum absolute atomic E-state index is 7.17. The number of hydrogen-bond donors (Lipinski definition) is 30. The smallest absolute Gasteiger partial charge is 0.402 e. The third kappa shape index (κ3) is 451. The Morgan fingerprint density at radius 2 is 0.242 bits per heavy atom. The van der Waals surface area contributed by atoms with Crippen molar-refractivity contribution in [2.24, 2.45) is 0 Å². The lowest BCUT2D eigenvalue weighted by Crippen LogP contribution is -2.27. The lowest BCUT2D eigenvalue weighted by molar-refractivity contribution is 0.261. The summed E-state index contributed by atoms with van der Waals surface area (Å²) in [7, 11) is -21.7. The van der Waals surface area contributed by atoms with Crippen LogP contribution in [0.3, 0.4) is 0 Å². The summed E-state index contributed by atoms with van der Waals surface area (Å²) in [5.41, 5.74) is 0. The van der Waals surface area contributed by atoms with E-state index in [4.69, 9.17) is 151 Å². The fourth-order valence-electron chi connectivity index (χ4n) is 2.96. The van der Waals surface area contributed by atoms with E-state index in [0.717, 1.165) is 0 Å². The summed E-state index contributed by atoms with van der Waals surface area (Å²) in [5.74, 6) is 0. The molecule has 0 aliphatic rings. The Morgan fingerprint density at radius 1 is 0.182 bits per heavy atom. The molecule has 0 aromatic carbocycles. The van der Waals surface area contributed by atoms with Crippen LogP contribution in [0.4, 0.5) is 0 Å². The first-order valence-electron chi connectivity index (χ1n) is 19.9. The van der Waals surface area contributed by atoms with Crippen molar-refractivity contribution in [3.05, 3.63) is 0 Å². The summed E-state index contributed by atoms with van der Waals surface area (Å²) in [6.45, 7) is 21.5. The molecule has 30 N–H and O–H groups in total. The van der Waals surface area contributed by atoms with Crippen LogP contribution in [0.25, 0.3) is 0 Å². The molecule has 0 heterocycles. The van der Waals surface area contributed by atoms with Gasteiger partial charge in [-0.25, -0.2) is 0 Å². The van der Waals surface area contributed by atoms with Gasteiger partial charge in [0.05, 0.1) is 0 Å². The van der Waals surface area contributed by atoms with E-state index < -0.39 is 73.2 Å². The molecule has 66 heavy (non-hydrogen) atoms. The third-order valence-corrected chi connectivity index (χ3v) is 4.97. The van der Waals surface area contributed by atoms with Crippen LogP contribution in [0.5, 0.6) is 0 Å². The van der Waals surface area contributed by atoms with Crippen LogP contribution in [0.1, 0.15) is 119 Å². The van der Waals surface area contributed by atoms with E-state index in [0.29, 0.717) is 0 Å². The molecule has 0 aliphatic heterocycles. The van der Waals surface area contributed by atoms with E-state index >= 15 is 0 Å². The van der Waals surface area contributed by atoms with Crippen LogP contribution >= 0.6 is 0 Å². The maximum atomic E-state index is 7.17. The highest BCUT2D eigenvalue weighted by atomic mass is 16.6.